The first-order valence-electron chi connectivity index (χ1n) is 1.36. The molecule has 0 spiro atoms. The van der Waals surface area contributed by atoms with Crippen molar-refractivity contribution < 1.29 is 13.6 Å². The first kappa shape index (κ1) is 11.1. The SMILES string of the molecule is CO[P+](=O)OC.[Ca]. The molecule has 0 rings (SSSR count). The number of hydrogen-bond acceptors (Lipinski definition) is 3. The molecule has 0 aromatic rings. The molecule has 0 bridgehead atoms. The van der Waals surface area contributed by atoms with E-state index in [2.05, 4.69) is 9.05 Å². The molecule has 0 aliphatic rings. The molecule has 0 N–H and O–H groups in total. The molecule has 0 aromatic carbocycles. The van der Waals surface area contributed by atoms with Crippen LogP contribution in [0.25, 0.3) is 0 Å². The molecular weight excluding hydrogens is 143 g/mol. The molecular formula is C2H6CaO3P+. The second kappa shape index (κ2) is 7.28. The molecule has 0 heterocycles. The van der Waals surface area contributed by atoms with E-state index in [1.54, 1.807) is 0 Å². The molecule has 5 heteroatoms. The van der Waals surface area contributed by atoms with Crippen LogP contribution in [0, 0.1) is 0 Å². The minimum absolute atomic E-state index is 0. The monoisotopic (exact) mass is 149 g/mol. The third-order valence-corrected chi connectivity index (χ3v) is 0.894. The Morgan fingerprint density at radius 3 is 1.57 bits per heavy atom. The van der Waals surface area contributed by atoms with Crippen LogP contribution >= 0.6 is 8.25 Å². The van der Waals surface area contributed by atoms with Gasteiger partial charge in [0, 0.05) is 42.3 Å². The summed E-state index contributed by atoms with van der Waals surface area (Å²) in [6.07, 6.45) is 0. The van der Waals surface area contributed by atoms with E-state index in [0.717, 1.165) is 0 Å². The van der Waals surface area contributed by atoms with Crippen LogP contribution in [-0.4, -0.2) is 52.0 Å². The molecule has 7 heavy (non-hydrogen) atoms. The van der Waals surface area contributed by atoms with Gasteiger partial charge in [0.05, 0.1) is 14.2 Å². The molecule has 0 atom stereocenters. The first-order valence-corrected chi connectivity index (χ1v) is 2.46. The maximum Gasteiger partial charge on any atom is 0.696 e. The number of rotatable bonds is 2. The summed E-state index contributed by atoms with van der Waals surface area (Å²) in [7, 11) is 0.817. The van der Waals surface area contributed by atoms with Gasteiger partial charge in [-0.25, -0.2) is 0 Å². The van der Waals surface area contributed by atoms with Gasteiger partial charge in [-0.15, -0.1) is 9.05 Å². The van der Waals surface area contributed by atoms with Crippen molar-refractivity contribution in [3.05, 3.63) is 0 Å². The van der Waals surface area contributed by atoms with Crippen molar-refractivity contribution in [2.75, 3.05) is 14.2 Å². The Labute approximate surface area is 73.3 Å². The Morgan fingerprint density at radius 2 is 1.57 bits per heavy atom. The fourth-order valence-electron chi connectivity index (χ4n) is 0.0745. The van der Waals surface area contributed by atoms with Crippen LogP contribution < -0.4 is 0 Å². The van der Waals surface area contributed by atoms with Gasteiger partial charge in [0.1, 0.15) is 0 Å². The molecule has 0 unspecified atom stereocenters. The van der Waals surface area contributed by atoms with Gasteiger partial charge in [-0.2, -0.15) is 0 Å². The maximum absolute atomic E-state index is 9.88. The van der Waals surface area contributed by atoms with E-state index in [1.165, 1.54) is 14.2 Å². The standard InChI is InChI=1S/C2H6O3P.Ca/c1-4-6(3)5-2;/h1-2H3;/q+1;. The van der Waals surface area contributed by atoms with Gasteiger partial charge in [0.15, 0.2) is 0 Å². The quantitative estimate of drug-likeness (QED) is 0.425. The van der Waals surface area contributed by atoms with Crippen LogP contribution in [0.5, 0.6) is 0 Å². The smallest absolute Gasteiger partial charge is 0.122 e. The molecule has 0 aromatic heterocycles. The fourth-order valence-corrected chi connectivity index (χ4v) is 0.224. The van der Waals surface area contributed by atoms with Crippen LogP contribution in [0.4, 0.5) is 0 Å². The topological polar surface area (TPSA) is 35.5 Å². The Kier molecular flexibility index (Phi) is 11.6. The molecule has 0 fully saturated rings. The predicted octanol–water partition coefficient (Wildman–Crippen LogP) is 0.556. The van der Waals surface area contributed by atoms with Crippen molar-refractivity contribution in [3.8, 4) is 0 Å². The van der Waals surface area contributed by atoms with Crippen molar-refractivity contribution in [1.82, 2.24) is 0 Å². The summed E-state index contributed by atoms with van der Waals surface area (Å²) in [6.45, 7) is 0. The molecule has 0 saturated heterocycles. The second-order valence-electron chi connectivity index (χ2n) is 0.589. The predicted molar refractivity (Wildman–Crippen MR) is 27.4 cm³/mol. The summed E-state index contributed by atoms with van der Waals surface area (Å²) < 4.78 is 18.3. The van der Waals surface area contributed by atoms with E-state index >= 15 is 0 Å². The fraction of sp³-hybridized carbons (Fsp3) is 1.00. The third-order valence-electron chi connectivity index (χ3n) is 0.298. The average molecular weight is 149 g/mol. The Morgan fingerprint density at radius 1 is 1.29 bits per heavy atom. The molecule has 3 nitrogen and oxygen atoms in total. The van der Waals surface area contributed by atoms with Gasteiger partial charge < -0.3 is 0 Å². The molecule has 0 aliphatic carbocycles. The summed E-state index contributed by atoms with van der Waals surface area (Å²) in [6, 6.07) is 0. The van der Waals surface area contributed by atoms with E-state index in [0.29, 0.717) is 0 Å². The van der Waals surface area contributed by atoms with Gasteiger partial charge in [0.25, 0.3) is 0 Å². The summed E-state index contributed by atoms with van der Waals surface area (Å²) in [5.74, 6) is 0. The van der Waals surface area contributed by atoms with E-state index < -0.39 is 8.25 Å². The molecule has 0 amide bonds. The maximum atomic E-state index is 9.88. The number of hydrogen-bond donors (Lipinski definition) is 0. The van der Waals surface area contributed by atoms with Crippen molar-refractivity contribution in [2.24, 2.45) is 0 Å². The van der Waals surface area contributed by atoms with Crippen LogP contribution in [0.2, 0.25) is 0 Å². The summed E-state index contributed by atoms with van der Waals surface area (Å²) >= 11 is 0. The summed E-state index contributed by atoms with van der Waals surface area (Å²) in [4.78, 5) is 0. The zero-order valence-corrected chi connectivity index (χ0v) is 7.48. The van der Waals surface area contributed by atoms with Gasteiger partial charge in [-0.1, -0.05) is 0 Å². The summed E-state index contributed by atoms with van der Waals surface area (Å²) in [5, 5.41) is 0. The van der Waals surface area contributed by atoms with Gasteiger partial charge in [-0.05, 0) is 0 Å². The van der Waals surface area contributed by atoms with E-state index in [1.807, 2.05) is 0 Å². The summed E-state index contributed by atoms with van der Waals surface area (Å²) in [5.41, 5.74) is 0. The second-order valence-corrected chi connectivity index (χ2v) is 1.77. The van der Waals surface area contributed by atoms with Crippen molar-refractivity contribution in [1.29, 1.82) is 0 Å². The minimum atomic E-state index is -1.83. The average Bonchev–Trinajstić information content (AvgIpc) is 1.65. The van der Waals surface area contributed by atoms with Gasteiger partial charge in [-0.3, -0.25) is 0 Å². The zero-order chi connectivity index (χ0) is 4.99. The van der Waals surface area contributed by atoms with Crippen molar-refractivity contribution in [2.45, 2.75) is 0 Å². The Balaban J connectivity index is 0. The van der Waals surface area contributed by atoms with E-state index in [4.69, 9.17) is 0 Å². The largest absolute Gasteiger partial charge is 0.696 e. The minimum Gasteiger partial charge on any atom is -0.122 e. The molecule has 2 radical (unpaired) electrons. The van der Waals surface area contributed by atoms with Crippen molar-refractivity contribution >= 4 is 46.0 Å². The molecule has 0 aliphatic heterocycles. The normalized spacial score (nSPS) is 7.14. The Hall–Kier alpha value is 1.28. The Bertz CT molecular complexity index is 50.9. The zero-order valence-electron chi connectivity index (χ0n) is 4.38. The van der Waals surface area contributed by atoms with Gasteiger partial charge in [0.2, 0.25) is 0 Å². The van der Waals surface area contributed by atoms with Crippen LogP contribution in [0.1, 0.15) is 0 Å². The third kappa shape index (κ3) is 7.28. The van der Waals surface area contributed by atoms with Crippen LogP contribution in [-0.2, 0) is 13.6 Å². The molecule has 0 saturated carbocycles. The van der Waals surface area contributed by atoms with Gasteiger partial charge >= 0.3 is 8.25 Å². The van der Waals surface area contributed by atoms with Crippen molar-refractivity contribution in [3.63, 3.8) is 0 Å². The van der Waals surface area contributed by atoms with Crippen LogP contribution in [0.15, 0.2) is 0 Å². The molecule has 38 valence electrons. The van der Waals surface area contributed by atoms with Crippen LogP contribution in [0.3, 0.4) is 0 Å². The van der Waals surface area contributed by atoms with E-state index in [9.17, 15) is 4.57 Å². The first-order chi connectivity index (χ1) is 2.81. The van der Waals surface area contributed by atoms with E-state index in [-0.39, 0.29) is 37.7 Å².